The summed E-state index contributed by atoms with van der Waals surface area (Å²) in [6.45, 7) is 2.11. The summed E-state index contributed by atoms with van der Waals surface area (Å²) >= 11 is 5.72. The first-order valence-electron chi connectivity index (χ1n) is 4.79. The molecule has 1 atom stereocenters. The van der Waals surface area contributed by atoms with E-state index in [1.807, 2.05) is 6.07 Å². The molecule has 14 heavy (non-hydrogen) atoms. The Morgan fingerprint density at radius 1 is 1.57 bits per heavy atom. The summed E-state index contributed by atoms with van der Waals surface area (Å²) in [5, 5.41) is 9.56. The van der Waals surface area contributed by atoms with Crippen LogP contribution in [0.3, 0.4) is 0 Å². The zero-order valence-corrected chi connectivity index (χ0v) is 8.96. The van der Waals surface area contributed by atoms with Crippen molar-refractivity contribution < 1.29 is 0 Å². The Labute approximate surface area is 89.5 Å². The zero-order chi connectivity index (χ0) is 10.4. The molecule has 0 N–H and O–H groups in total. The van der Waals surface area contributed by atoms with E-state index >= 15 is 0 Å². The lowest BCUT2D eigenvalue weighted by Crippen LogP contribution is -1.98. The highest BCUT2D eigenvalue weighted by Crippen LogP contribution is 2.20. The molecular weight excluding hydrogens is 196 g/mol. The molecule has 0 fully saturated rings. The average Bonchev–Trinajstić information content (AvgIpc) is 2.21. The van der Waals surface area contributed by atoms with Gasteiger partial charge in [0.1, 0.15) is 0 Å². The van der Waals surface area contributed by atoms with Gasteiger partial charge in [0.05, 0.1) is 22.7 Å². The summed E-state index contributed by atoms with van der Waals surface area (Å²) in [5.74, 6) is -0.0905. The first kappa shape index (κ1) is 11.0. The van der Waals surface area contributed by atoms with Crippen molar-refractivity contribution in [2.24, 2.45) is 0 Å². The van der Waals surface area contributed by atoms with E-state index in [4.69, 9.17) is 16.9 Å². The van der Waals surface area contributed by atoms with E-state index in [2.05, 4.69) is 18.0 Å². The number of aromatic nitrogens is 1. The molecule has 0 bridgehead atoms. The van der Waals surface area contributed by atoms with Crippen LogP contribution in [0.2, 0.25) is 5.02 Å². The van der Waals surface area contributed by atoms with Crippen molar-refractivity contribution in [3.8, 4) is 6.07 Å². The summed E-state index contributed by atoms with van der Waals surface area (Å²) in [5.41, 5.74) is 0.824. The molecule has 0 amide bonds. The van der Waals surface area contributed by atoms with Gasteiger partial charge in [-0.15, -0.1) is 0 Å². The number of nitriles is 1. The lowest BCUT2D eigenvalue weighted by molar-refractivity contribution is 0.659. The highest BCUT2D eigenvalue weighted by Gasteiger charge is 2.10. The number of nitrogens with zero attached hydrogens (tertiary/aromatic N) is 2. The van der Waals surface area contributed by atoms with E-state index in [1.54, 1.807) is 12.3 Å². The van der Waals surface area contributed by atoms with Gasteiger partial charge in [-0.1, -0.05) is 31.4 Å². The molecule has 1 heterocycles. The van der Waals surface area contributed by atoms with Crippen LogP contribution in [0.4, 0.5) is 0 Å². The van der Waals surface area contributed by atoms with E-state index in [0.717, 1.165) is 25.0 Å². The molecule has 1 aromatic heterocycles. The summed E-state index contributed by atoms with van der Waals surface area (Å²) in [6, 6.07) is 5.87. The van der Waals surface area contributed by atoms with Crippen molar-refractivity contribution >= 4 is 11.6 Å². The second-order valence-electron chi connectivity index (χ2n) is 3.23. The topological polar surface area (TPSA) is 36.7 Å². The number of pyridine rings is 1. The minimum Gasteiger partial charge on any atom is -0.258 e. The fourth-order valence-corrected chi connectivity index (χ4v) is 1.39. The molecule has 0 saturated heterocycles. The fraction of sp³-hybridized carbons (Fsp3) is 0.455. The van der Waals surface area contributed by atoms with E-state index in [9.17, 15) is 0 Å². The Bertz CT molecular complexity index is 313. The van der Waals surface area contributed by atoms with Crippen LogP contribution in [-0.2, 0) is 0 Å². The second-order valence-corrected chi connectivity index (χ2v) is 3.66. The van der Waals surface area contributed by atoms with Gasteiger partial charge in [-0.05, 0) is 18.6 Å². The van der Waals surface area contributed by atoms with Gasteiger partial charge >= 0.3 is 0 Å². The van der Waals surface area contributed by atoms with Gasteiger partial charge in [0.25, 0.3) is 0 Å². The third-order valence-electron chi connectivity index (χ3n) is 2.11. The molecule has 0 aliphatic heterocycles. The van der Waals surface area contributed by atoms with Crippen LogP contribution in [0.5, 0.6) is 0 Å². The van der Waals surface area contributed by atoms with Gasteiger partial charge in [-0.25, -0.2) is 0 Å². The Morgan fingerprint density at radius 3 is 2.86 bits per heavy atom. The summed E-state index contributed by atoms with van der Waals surface area (Å²) < 4.78 is 0. The van der Waals surface area contributed by atoms with Crippen LogP contribution in [0, 0.1) is 11.3 Å². The molecule has 0 spiro atoms. The first-order chi connectivity index (χ1) is 6.77. The van der Waals surface area contributed by atoms with Gasteiger partial charge in [-0.3, -0.25) is 4.98 Å². The van der Waals surface area contributed by atoms with E-state index in [1.165, 1.54) is 0 Å². The highest BCUT2D eigenvalue weighted by atomic mass is 35.5. The molecular formula is C11H13ClN2. The lowest BCUT2D eigenvalue weighted by atomic mass is 10.00. The molecule has 74 valence electrons. The molecule has 0 aromatic carbocycles. The number of hydrogen-bond acceptors (Lipinski definition) is 2. The smallest absolute Gasteiger partial charge is 0.0884 e. The maximum atomic E-state index is 8.95. The van der Waals surface area contributed by atoms with Crippen LogP contribution in [0.15, 0.2) is 18.3 Å². The number of rotatable bonds is 4. The maximum Gasteiger partial charge on any atom is 0.0884 e. The van der Waals surface area contributed by atoms with Crippen molar-refractivity contribution in [2.45, 2.75) is 32.1 Å². The van der Waals surface area contributed by atoms with Crippen molar-refractivity contribution in [1.29, 1.82) is 5.26 Å². The average molecular weight is 209 g/mol. The van der Waals surface area contributed by atoms with Gasteiger partial charge in [0.2, 0.25) is 0 Å². The van der Waals surface area contributed by atoms with Crippen molar-refractivity contribution in [3.63, 3.8) is 0 Å². The number of halogens is 1. The largest absolute Gasteiger partial charge is 0.258 e. The second kappa shape index (κ2) is 5.62. The van der Waals surface area contributed by atoms with E-state index in [-0.39, 0.29) is 5.92 Å². The molecule has 1 unspecified atom stereocenters. The first-order valence-corrected chi connectivity index (χ1v) is 5.16. The third-order valence-corrected chi connectivity index (χ3v) is 2.33. The van der Waals surface area contributed by atoms with Crippen LogP contribution in [0.25, 0.3) is 0 Å². The molecule has 0 saturated carbocycles. The van der Waals surface area contributed by atoms with Gasteiger partial charge in [0.15, 0.2) is 0 Å². The van der Waals surface area contributed by atoms with Gasteiger partial charge in [0, 0.05) is 6.20 Å². The molecule has 2 nitrogen and oxygen atoms in total. The Morgan fingerprint density at radius 2 is 2.36 bits per heavy atom. The molecule has 0 aliphatic rings. The molecule has 1 aromatic rings. The fourth-order valence-electron chi connectivity index (χ4n) is 1.28. The molecule has 3 heteroatoms. The highest BCUT2D eigenvalue weighted by molar-refractivity contribution is 6.30. The van der Waals surface area contributed by atoms with E-state index < -0.39 is 0 Å². The zero-order valence-electron chi connectivity index (χ0n) is 8.20. The third kappa shape index (κ3) is 3.01. The van der Waals surface area contributed by atoms with Gasteiger partial charge < -0.3 is 0 Å². The standard InChI is InChI=1S/C11H13ClN2/c1-2-3-4-9(7-13)11-6-5-10(12)8-14-11/h5-6,8-9H,2-4H2,1H3. The number of hydrogen-bond donors (Lipinski definition) is 0. The molecule has 1 rings (SSSR count). The summed E-state index contributed by atoms with van der Waals surface area (Å²) in [4.78, 5) is 4.15. The minimum atomic E-state index is -0.0905. The summed E-state index contributed by atoms with van der Waals surface area (Å²) in [7, 11) is 0. The van der Waals surface area contributed by atoms with Crippen LogP contribution < -0.4 is 0 Å². The van der Waals surface area contributed by atoms with Crippen LogP contribution in [0.1, 0.15) is 37.8 Å². The maximum absolute atomic E-state index is 8.95. The number of unbranched alkanes of at least 4 members (excludes halogenated alkanes) is 1. The quantitative estimate of drug-likeness (QED) is 0.759. The predicted octanol–water partition coefficient (Wildman–Crippen LogP) is 3.53. The Balaban J connectivity index is 2.70. The Kier molecular flexibility index (Phi) is 4.42. The van der Waals surface area contributed by atoms with Gasteiger partial charge in [-0.2, -0.15) is 5.26 Å². The normalized spacial score (nSPS) is 12.1. The monoisotopic (exact) mass is 208 g/mol. The van der Waals surface area contributed by atoms with E-state index in [0.29, 0.717) is 5.02 Å². The predicted molar refractivity (Wildman–Crippen MR) is 57.1 cm³/mol. The summed E-state index contributed by atoms with van der Waals surface area (Å²) in [6.07, 6.45) is 4.63. The molecule has 0 aliphatic carbocycles. The SMILES string of the molecule is CCCCC(C#N)c1ccc(Cl)cn1. The van der Waals surface area contributed by atoms with Crippen molar-refractivity contribution in [3.05, 3.63) is 29.0 Å². The van der Waals surface area contributed by atoms with Crippen LogP contribution >= 0.6 is 11.6 Å². The van der Waals surface area contributed by atoms with Crippen molar-refractivity contribution in [2.75, 3.05) is 0 Å². The van der Waals surface area contributed by atoms with Crippen molar-refractivity contribution in [1.82, 2.24) is 4.98 Å². The van der Waals surface area contributed by atoms with Crippen LogP contribution in [-0.4, -0.2) is 4.98 Å². The lowest BCUT2D eigenvalue weighted by Gasteiger charge is -2.06. The molecule has 0 radical (unpaired) electrons. The minimum absolute atomic E-state index is 0.0905. The Hall–Kier alpha value is -1.07.